The van der Waals surface area contributed by atoms with Crippen LogP contribution in [0.2, 0.25) is 0 Å². The van der Waals surface area contributed by atoms with Crippen molar-refractivity contribution in [3.05, 3.63) is 23.0 Å². The van der Waals surface area contributed by atoms with Crippen molar-refractivity contribution in [2.45, 2.75) is 65.5 Å². The Morgan fingerprint density at radius 1 is 1.26 bits per heavy atom. The van der Waals surface area contributed by atoms with Gasteiger partial charge in [-0.1, -0.05) is 0 Å². The average Bonchev–Trinajstić information content (AvgIpc) is 2.96. The largest absolute Gasteiger partial charge is 0.444 e. The van der Waals surface area contributed by atoms with Gasteiger partial charge in [0.15, 0.2) is 5.65 Å². The van der Waals surface area contributed by atoms with Crippen molar-refractivity contribution in [2.75, 3.05) is 25.5 Å². The van der Waals surface area contributed by atoms with Gasteiger partial charge in [-0.25, -0.2) is 9.78 Å². The molecule has 7 nitrogen and oxygen atoms in total. The number of nitrogens with zero attached hydrogens (tertiary/aromatic N) is 5. The molecule has 1 aliphatic heterocycles. The lowest BCUT2D eigenvalue weighted by Gasteiger charge is -2.35. The number of amides is 1. The van der Waals surface area contributed by atoms with Gasteiger partial charge in [-0.15, -0.1) is 0 Å². The van der Waals surface area contributed by atoms with Gasteiger partial charge in [0.1, 0.15) is 11.4 Å². The molecule has 1 atom stereocenters. The van der Waals surface area contributed by atoms with Crippen molar-refractivity contribution in [1.29, 1.82) is 0 Å². The van der Waals surface area contributed by atoms with Gasteiger partial charge >= 0.3 is 6.09 Å². The Morgan fingerprint density at radius 3 is 2.59 bits per heavy atom. The van der Waals surface area contributed by atoms with E-state index in [0.29, 0.717) is 6.54 Å². The third-order valence-corrected chi connectivity index (χ3v) is 4.97. The lowest BCUT2D eigenvalue weighted by Crippen LogP contribution is -2.42. The number of hydrogen-bond donors (Lipinski definition) is 0. The molecule has 0 bridgehead atoms. The van der Waals surface area contributed by atoms with E-state index >= 15 is 0 Å². The zero-order valence-electron chi connectivity index (χ0n) is 17.5. The number of ether oxygens (including phenoxy) is 1. The van der Waals surface area contributed by atoms with Crippen LogP contribution in [0.5, 0.6) is 0 Å². The van der Waals surface area contributed by atoms with Crippen LogP contribution < -0.4 is 4.90 Å². The van der Waals surface area contributed by atoms with E-state index in [0.717, 1.165) is 47.7 Å². The smallest absolute Gasteiger partial charge is 0.410 e. The van der Waals surface area contributed by atoms with Gasteiger partial charge in [-0.3, -0.25) is 4.90 Å². The van der Waals surface area contributed by atoms with Gasteiger partial charge in [-0.05, 0) is 53.9 Å². The Hall–Kier alpha value is -2.31. The molecule has 0 spiro atoms. The second-order valence-corrected chi connectivity index (χ2v) is 8.56. The topological polar surface area (TPSA) is 63.0 Å². The monoisotopic (exact) mass is 373 g/mol. The van der Waals surface area contributed by atoms with Crippen LogP contribution in [0, 0.1) is 13.8 Å². The van der Waals surface area contributed by atoms with E-state index < -0.39 is 5.60 Å². The molecule has 0 aliphatic carbocycles. The number of carbonyl (C=O) groups is 1. The highest BCUT2D eigenvalue weighted by molar-refractivity contribution is 5.69. The lowest BCUT2D eigenvalue weighted by molar-refractivity contribution is 0.00898. The second kappa shape index (κ2) is 7.02. The summed E-state index contributed by atoms with van der Waals surface area (Å²) in [5.74, 6) is 1.02. The van der Waals surface area contributed by atoms with Crippen LogP contribution in [0.1, 0.15) is 63.0 Å². The van der Waals surface area contributed by atoms with Crippen LogP contribution in [0.3, 0.4) is 0 Å². The summed E-state index contributed by atoms with van der Waals surface area (Å²) in [5, 5.41) is 4.85. The van der Waals surface area contributed by atoms with Gasteiger partial charge < -0.3 is 9.64 Å². The molecule has 1 amide bonds. The van der Waals surface area contributed by atoms with Gasteiger partial charge in [0, 0.05) is 38.0 Å². The first kappa shape index (κ1) is 19.5. The summed E-state index contributed by atoms with van der Waals surface area (Å²) in [7, 11) is 4.02. The molecular formula is C20H31N5O2. The predicted octanol–water partition coefficient (Wildman–Crippen LogP) is 3.87. The summed E-state index contributed by atoms with van der Waals surface area (Å²) in [6.07, 6.45) is 2.68. The maximum Gasteiger partial charge on any atom is 0.410 e. The molecule has 3 rings (SSSR count). The summed E-state index contributed by atoms with van der Waals surface area (Å²) in [6, 6.07) is 1.93. The molecule has 148 valence electrons. The lowest BCUT2D eigenvalue weighted by atomic mass is 10.00. The molecule has 0 saturated carbocycles. The van der Waals surface area contributed by atoms with Crippen molar-refractivity contribution in [2.24, 2.45) is 0 Å². The number of rotatable bonds is 2. The fourth-order valence-corrected chi connectivity index (χ4v) is 3.67. The Balaban J connectivity index is 2.02. The molecule has 0 radical (unpaired) electrons. The highest BCUT2D eigenvalue weighted by atomic mass is 16.6. The minimum Gasteiger partial charge on any atom is -0.444 e. The van der Waals surface area contributed by atoms with Crippen LogP contribution in [0.25, 0.3) is 5.65 Å². The Morgan fingerprint density at radius 2 is 1.96 bits per heavy atom. The van der Waals surface area contributed by atoms with Crippen LogP contribution >= 0.6 is 0 Å². The Kier molecular flexibility index (Phi) is 5.06. The average molecular weight is 374 g/mol. The fraction of sp³-hybridized carbons (Fsp3) is 0.650. The fourth-order valence-electron chi connectivity index (χ4n) is 3.67. The molecule has 27 heavy (non-hydrogen) atoms. The van der Waals surface area contributed by atoms with Gasteiger partial charge in [0.25, 0.3) is 0 Å². The number of aryl methyl sites for hydroxylation is 1. The number of piperidine rings is 1. The number of fused-ring (bicyclic) bond motifs is 1. The molecule has 3 heterocycles. The second-order valence-electron chi connectivity index (χ2n) is 8.56. The van der Waals surface area contributed by atoms with E-state index in [9.17, 15) is 4.79 Å². The third-order valence-electron chi connectivity index (χ3n) is 4.97. The van der Waals surface area contributed by atoms with Crippen molar-refractivity contribution >= 4 is 17.6 Å². The van der Waals surface area contributed by atoms with E-state index in [1.165, 1.54) is 0 Å². The van der Waals surface area contributed by atoms with Crippen LogP contribution in [-0.2, 0) is 4.74 Å². The highest BCUT2D eigenvalue weighted by Crippen LogP contribution is 2.33. The van der Waals surface area contributed by atoms with Crippen LogP contribution in [-0.4, -0.2) is 51.8 Å². The first-order valence-corrected chi connectivity index (χ1v) is 9.62. The first-order chi connectivity index (χ1) is 12.6. The molecule has 2 aromatic rings. The minimum absolute atomic E-state index is 0.0778. The number of likely N-dealkylation sites (tertiary alicyclic amines) is 1. The van der Waals surface area contributed by atoms with Crippen LogP contribution in [0.15, 0.2) is 6.07 Å². The van der Waals surface area contributed by atoms with E-state index in [-0.39, 0.29) is 12.1 Å². The SMILES string of the molecule is Cc1nc2cc(C3CCCCN3C(=O)OC(C)(C)C)nn2c(N(C)C)c1C. The van der Waals surface area contributed by atoms with E-state index in [1.54, 1.807) is 0 Å². The maximum atomic E-state index is 12.7. The van der Waals surface area contributed by atoms with E-state index in [1.807, 2.05) is 57.3 Å². The normalized spacial score (nSPS) is 18.0. The quantitative estimate of drug-likeness (QED) is 0.799. The number of aromatic nitrogens is 3. The van der Waals surface area contributed by atoms with Gasteiger partial charge in [0.2, 0.25) is 0 Å². The van der Waals surface area contributed by atoms with E-state index in [4.69, 9.17) is 14.8 Å². The molecule has 1 fully saturated rings. The maximum absolute atomic E-state index is 12.7. The number of carbonyl (C=O) groups excluding carboxylic acids is 1. The van der Waals surface area contributed by atoms with Crippen molar-refractivity contribution in [3.8, 4) is 0 Å². The summed E-state index contributed by atoms with van der Waals surface area (Å²) in [5.41, 5.74) is 3.28. The standard InChI is InChI=1S/C20H31N5O2/c1-13-14(2)21-17-12-15(22-25(17)18(13)23(6)7)16-10-8-9-11-24(16)19(26)27-20(3,4)5/h12,16H,8-11H2,1-7H3. The summed E-state index contributed by atoms with van der Waals surface area (Å²) in [4.78, 5) is 21.3. The molecule has 0 aromatic carbocycles. The predicted molar refractivity (Wildman–Crippen MR) is 106 cm³/mol. The van der Waals surface area contributed by atoms with Crippen molar-refractivity contribution < 1.29 is 9.53 Å². The summed E-state index contributed by atoms with van der Waals surface area (Å²) in [6.45, 7) is 10.5. The van der Waals surface area contributed by atoms with E-state index in [2.05, 4.69) is 11.8 Å². The number of hydrogen-bond acceptors (Lipinski definition) is 5. The molecular weight excluding hydrogens is 342 g/mol. The Bertz CT molecular complexity index is 850. The highest BCUT2D eigenvalue weighted by Gasteiger charge is 2.33. The third kappa shape index (κ3) is 3.87. The van der Waals surface area contributed by atoms with Crippen molar-refractivity contribution in [3.63, 3.8) is 0 Å². The summed E-state index contributed by atoms with van der Waals surface area (Å²) >= 11 is 0. The zero-order chi connectivity index (χ0) is 19.9. The van der Waals surface area contributed by atoms with Gasteiger partial charge in [0.05, 0.1) is 11.7 Å². The Labute approximate surface area is 161 Å². The molecule has 7 heteroatoms. The molecule has 2 aromatic heterocycles. The molecule has 1 unspecified atom stereocenters. The zero-order valence-corrected chi connectivity index (χ0v) is 17.5. The number of anilines is 1. The summed E-state index contributed by atoms with van der Waals surface area (Å²) < 4.78 is 7.52. The van der Waals surface area contributed by atoms with Crippen LogP contribution in [0.4, 0.5) is 10.6 Å². The van der Waals surface area contributed by atoms with Crippen molar-refractivity contribution in [1.82, 2.24) is 19.5 Å². The first-order valence-electron chi connectivity index (χ1n) is 9.62. The molecule has 1 aliphatic rings. The van der Waals surface area contributed by atoms with Gasteiger partial charge in [-0.2, -0.15) is 9.61 Å². The minimum atomic E-state index is -0.508. The molecule has 1 saturated heterocycles. The molecule has 0 N–H and O–H groups in total.